The summed E-state index contributed by atoms with van der Waals surface area (Å²) in [6.45, 7) is 23.6. The molecule has 0 aromatic rings. The van der Waals surface area contributed by atoms with Crippen LogP contribution in [0.15, 0.2) is 0 Å². The number of hydrogen-bond donors (Lipinski definition) is 2. The molecule has 2 aliphatic rings. The minimum Gasteiger partial charge on any atom is -0.450 e. The highest BCUT2D eigenvalue weighted by Gasteiger charge is 2.42. The second-order valence-electron chi connectivity index (χ2n) is 14.1. The maximum atomic E-state index is 12.9. The number of carbonyl (C=O) groups excluding carboxylic acids is 2. The van der Waals surface area contributed by atoms with Crippen LogP contribution >= 0.6 is 0 Å². The number of carbonyl (C=O) groups is 2. The molecule has 8 heteroatoms. The van der Waals surface area contributed by atoms with E-state index in [-0.39, 0.29) is 46.4 Å². The molecule has 2 saturated heterocycles. The second-order valence-corrected chi connectivity index (χ2v) is 14.1. The SMILES string of the molecule is CCOC(=O)N(CCCCCCN(C(=O)OCC)C1CC(C)(C)NC(C)(C)C1)C1CC(C)(C)NC(C)(C)C1. The summed E-state index contributed by atoms with van der Waals surface area (Å²) in [5, 5.41) is 7.42. The molecule has 2 amide bonds. The molecule has 2 aliphatic heterocycles. The standard InChI is InChI=1S/C30H58N4O4/c1-11-37-25(35)33(23-19-27(3,4)31-28(5,6)20-23)17-15-13-14-16-18-34(26(36)38-12-2)24-21-29(7,8)32-30(9,10)22-24/h23-24,31-32H,11-22H2,1-10H3. The topological polar surface area (TPSA) is 83.1 Å². The van der Waals surface area contributed by atoms with E-state index in [9.17, 15) is 9.59 Å². The van der Waals surface area contributed by atoms with E-state index in [0.717, 1.165) is 51.4 Å². The zero-order valence-corrected chi connectivity index (χ0v) is 26.2. The van der Waals surface area contributed by atoms with Crippen LogP contribution in [0.2, 0.25) is 0 Å². The molecular formula is C30H58N4O4. The number of rotatable bonds is 11. The van der Waals surface area contributed by atoms with E-state index in [1.54, 1.807) is 0 Å². The molecule has 0 aromatic heterocycles. The summed E-state index contributed by atoms with van der Waals surface area (Å²) < 4.78 is 10.9. The van der Waals surface area contributed by atoms with Crippen molar-refractivity contribution in [2.75, 3.05) is 26.3 Å². The van der Waals surface area contributed by atoms with Crippen molar-refractivity contribution in [1.82, 2.24) is 20.4 Å². The summed E-state index contributed by atoms with van der Waals surface area (Å²) in [7, 11) is 0. The highest BCUT2D eigenvalue weighted by atomic mass is 16.6. The van der Waals surface area contributed by atoms with Gasteiger partial charge in [0.05, 0.1) is 13.2 Å². The zero-order valence-electron chi connectivity index (χ0n) is 26.2. The zero-order chi connectivity index (χ0) is 28.8. The van der Waals surface area contributed by atoms with Crippen LogP contribution in [0.1, 0.15) is 121 Å². The largest absolute Gasteiger partial charge is 0.450 e. The number of hydrogen-bond acceptors (Lipinski definition) is 6. The quantitative estimate of drug-likeness (QED) is 0.310. The fourth-order valence-electron chi connectivity index (χ4n) is 7.15. The monoisotopic (exact) mass is 538 g/mol. The van der Waals surface area contributed by atoms with Gasteiger partial charge < -0.3 is 29.9 Å². The van der Waals surface area contributed by atoms with Crippen LogP contribution in [0, 0.1) is 0 Å². The van der Waals surface area contributed by atoms with Crippen molar-refractivity contribution < 1.29 is 19.1 Å². The third-order valence-electron chi connectivity index (χ3n) is 7.77. The van der Waals surface area contributed by atoms with Gasteiger partial charge in [-0.1, -0.05) is 12.8 Å². The molecule has 0 saturated carbocycles. The maximum Gasteiger partial charge on any atom is 0.409 e. The average Bonchev–Trinajstić information content (AvgIpc) is 2.71. The van der Waals surface area contributed by atoms with Crippen LogP contribution in [0.4, 0.5) is 9.59 Å². The Hall–Kier alpha value is -1.54. The van der Waals surface area contributed by atoms with Gasteiger partial charge in [0.1, 0.15) is 0 Å². The molecule has 0 radical (unpaired) electrons. The molecule has 8 nitrogen and oxygen atoms in total. The van der Waals surface area contributed by atoms with Crippen molar-refractivity contribution in [3.8, 4) is 0 Å². The van der Waals surface area contributed by atoms with Gasteiger partial charge in [0.25, 0.3) is 0 Å². The Morgan fingerprint density at radius 1 is 0.605 bits per heavy atom. The number of amides is 2. The van der Waals surface area contributed by atoms with E-state index in [1.165, 1.54) is 0 Å². The van der Waals surface area contributed by atoms with Crippen molar-refractivity contribution in [3.63, 3.8) is 0 Å². The van der Waals surface area contributed by atoms with Gasteiger partial charge in [-0.2, -0.15) is 0 Å². The third-order valence-corrected chi connectivity index (χ3v) is 7.77. The van der Waals surface area contributed by atoms with Crippen LogP contribution in [0.3, 0.4) is 0 Å². The van der Waals surface area contributed by atoms with Gasteiger partial charge in [0, 0.05) is 47.3 Å². The molecule has 38 heavy (non-hydrogen) atoms. The van der Waals surface area contributed by atoms with E-state index < -0.39 is 0 Å². The van der Waals surface area contributed by atoms with E-state index in [1.807, 2.05) is 23.6 Å². The lowest BCUT2D eigenvalue weighted by molar-refractivity contribution is 0.0435. The highest BCUT2D eigenvalue weighted by molar-refractivity contribution is 5.68. The predicted octanol–water partition coefficient (Wildman–Crippen LogP) is 6.08. The Balaban J connectivity index is 1.94. The molecule has 2 heterocycles. The average molecular weight is 539 g/mol. The van der Waals surface area contributed by atoms with E-state index in [4.69, 9.17) is 9.47 Å². The summed E-state index contributed by atoms with van der Waals surface area (Å²) in [5.74, 6) is 0. The molecule has 0 spiro atoms. The first-order valence-corrected chi connectivity index (χ1v) is 15.0. The van der Waals surface area contributed by atoms with Crippen molar-refractivity contribution in [1.29, 1.82) is 0 Å². The van der Waals surface area contributed by atoms with Gasteiger partial charge >= 0.3 is 12.2 Å². The molecule has 0 aromatic carbocycles. The van der Waals surface area contributed by atoms with Crippen molar-refractivity contribution in [3.05, 3.63) is 0 Å². The summed E-state index contributed by atoms with van der Waals surface area (Å²) >= 11 is 0. The van der Waals surface area contributed by atoms with Gasteiger partial charge in [0.2, 0.25) is 0 Å². The van der Waals surface area contributed by atoms with Crippen LogP contribution in [0.25, 0.3) is 0 Å². The Morgan fingerprint density at radius 2 is 0.895 bits per heavy atom. The Bertz CT molecular complexity index is 684. The Kier molecular flexibility index (Phi) is 11.4. The highest BCUT2D eigenvalue weighted by Crippen LogP contribution is 2.33. The first-order valence-electron chi connectivity index (χ1n) is 15.0. The summed E-state index contributed by atoms with van der Waals surface area (Å²) in [5.41, 5.74) is -0.145. The molecule has 0 atom stereocenters. The summed E-state index contributed by atoms with van der Waals surface area (Å²) in [6, 6.07) is 0.317. The number of ether oxygens (including phenoxy) is 2. The molecule has 2 fully saturated rings. The van der Waals surface area contributed by atoms with Gasteiger partial charge in [0.15, 0.2) is 0 Å². The smallest absolute Gasteiger partial charge is 0.409 e. The molecule has 222 valence electrons. The Labute approximate surface area is 232 Å². The number of nitrogens with one attached hydrogen (secondary N) is 2. The van der Waals surface area contributed by atoms with E-state index in [2.05, 4.69) is 66.0 Å². The second kappa shape index (κ2) is 13.2. The van der Waals surface area contributed by atoms with Crippen LogP contribution in [-0.4, -0.2) is 82.5 Å². The summed E-state index contributed by atoms with van der Waals surface area (Å²) in [4.78, 5) is 29.8. The minimum atomic E-state index is -0.198. The number of nitrogens with zero attached hydrogens (tertiary/aromatic N) is 2. The minimum absolute atomic E-state index is 0.0362. The van der Waals surface area contributed by atoms with Gasteiger partial charge in [-0.05, 0) is 108 Å². The van der Waals surface area contributed by atoms with Gasteiger partial charge in [-0.3, -0.25) is 0 Å². The molecule has 0 aliphatic carbocycles. The lowest BCUT2D eigenvalue weighted by Crippen LogP contribution is -2.63. The Morgan fingerprint density at radius 3 is 1.16 bits per heavy atom. The lowest BCUT2D eigenvalue weighted by atomic mass is 9.79. The van der Waals surface area contributed by atoms with Crippen molar-refractivity contribution in [2.45, 2.75) is 155 Å². The van der Waals surface area contributed by atoms with E-state index >= 15 is 0 Å². The fourth-order valence-corrected chi connectivity index (χ4v) is 7.15. The van der Waals surface area contributed by atoms with Gasteiger partial charge in [-0.15, -0.1) is 0 Å². The molecule has 0 unspecified atom stereocenters. The van der Waals surface area contributed by atoms with Gasteiger partial charge in [-0.25, -0.2) is 9.59 Å². The van der Waals surface area contributed by atoms with Crippen molar-refractivity contribution in [2.24, 2.45) is 0 Å². The first-order chi connectivity index (χ1) is 17.5. The predicted molar refractivity (Wildman–Crippen MR) is 155 cm³/mol. The first kappa shape index (κ1) is 32.7. The molecule has 2 N–H and O–H groups in total. The maximum absolute atomic E-state index is 12.9. The third kappa shape index (κ3) is 10.2. The van der Waals surface area contributed by atoms with Crippen molar-refractivity contribution >= 4 is 12.2 Å². The molecule has 2 rings (SSSR count). The lowest BCUT2D eigenvalue weighted by Gasteiger charge is -2.49. The number of unbranched alkanes of at least 4 members (excludes halogenated alkanes) is 3. The number of piperidine rings is 2. The van der Waals surface area contributed by atoms with Crippen LogP contribution in [0.5, 0.6) is 0 Å². The fraction of sp³-hybridized carbons (Fsp3) is 0.933. The normalized spacial score (nSPS) is 22.5. The molecular weight excluding hydrogens is 480 g/mol. The molecule has 0 bridgehead atoms. The van der Waals surface area contributed by atoms with Crippen LogP contribution in [-0.2, 0) is 9.47 Å². The summed E-state index contributed by atoms with van der Waals surface area (Å²) in [6.07, 6.45) is 7.11. The van der Waals surface area contributed by atoms with Crippen LogP contribution < -0.4 is 10.6 Å². The van der Waals surface area contributed by atoms with E-state index in [0.29, 0.717) is 26.3 Å².